The lowest BCUT2D eigenvalue weighted by Crippen LogP contribution is -2.50. The lowest BCUT2D eigenvalue weighted by atomic mass is 9.65. The summed E-state index contributed by atoms with van der Waals surface area (Å²) < 4.78 is 0. The van der Waals surface area contributed by atoms with Gasteiger partial charge in [-0.3, -0.25) is 9.59 Å². The topological polar surface area (TPSA) is 89.4 Å². The number of primary amides is 1. The van der Waals surface area contributed by atoms with E-state index in [2.05, 4.69) is 0 Å². The number of carbonyl (C=O) groups excluding carboxylic acids is 2. The van der Waals surface area contributed by atoms with Crippen molar-refractivity contribution in [3.8, 4) is 0 Å². The molecule has 6 heteroatoms. The Kier molecular flexibility index (Phi) is 6.85. The van der Waals surface area contributed by atoms with E-state index < -0.39 is 5.91 Å². The molecule has 2 fully saturated rings. The van der Waals surface area contributed by atoms with Gasteiger partial charge < -0.3 is 16.4 Å². The number of hydrogen-bond acceptors (Lipinski definition) is 3. The molecule has 1 aromatic rings. The highest BCUT2D eigenvalue weighted by Crippen LogP contribution is 2.42. The largest absolute Gasteiger partial charge is 0.368 e. The second-order valence-corrected chi connectivity index (χ2v) is 7.34. The van der Waals surface area contributed by atoms with Gasteiger partial charge in [0.1, 0.15) is 0 Å². The molecule has 0 radical (unpaired) electrons. The Balaban J connectivity index is 0.00000225. The van der Waals surface area contributed by atoms with E-state index in [4.69, 9.17) is 11.5 Å². The van der Waals surface area contributed by atoms with Gasteiger partial charge in [-0.2, -0.15) is 0 Å². The third kappa shape index (κ3) is 4.73. The highest BCUT2D eigenvalue weighted by molar-refractivity contribution is 5.85. The first-order chi connectivity index (χ1) is 11.5. The first-order valence-corrected chi connectivity index (χ1v) is 8.91. The SMILES string of the molecule is Cl.NC(=O)CN(Cc1ccccc1)C(=O)C1CC2CCCC(C1)C2N. The predicted molar refractivity (Wildman–Crippen MR) is 99.8 cm³/mol. The minimum absolute atomic E-state index is 0. The van der Waals surface area contributed by atoms with E-state index in [1.165, 1.54) is 6.42 Å². The van der Waals surface area contributed by atoms with Gasteiger partial charge in [-0.25, -0.2) is 0 Å². The maximum Gasteiger partial charge on any atom is 0.237 e. The van der Waals surface area contributed by atoms with Crippen LogP contribution in [0.25, 0.3) is 0 Å². The minimum Gasteiger partial charge on any atom is -0.368 e. The Morgan fingerprint density at radius 2 is 1.68 bits per heavy atom. The molecular formula is C19H28ClN3O2. The number of hydrogen-bond donors (Lipinski definition) is 2. The molecular weight excluding hydrogens is 338 g/mol. The molecule has 2 aliphatic carbocycles. The lowest BCUT2D eigenvalue weighted by Gasteiger charge is -2.44. The Morgan fingerprint density at radius 3 is 2.24 bits per heavy atom. The van der Waals surface area contributed by atoms with Crippen molar-refractivity contribution in [2.45, 2.75) is 44.7 Å². The molecule has 0 heterocycles. The third-order valence-corrected chi connectivity index (χ3v) is 5.64. The van der Waals surface area contributed by atoms with E-state index in [-0.39, 0.29) is 36.8 Å². The molecule has 1 aromatic carbocycles. The van der Waals surface area contributed by atoms with Crippen LogP contribution < -0.4 is 11.5 Å². The molecule has 5 nitrogen and oxygen atoms in total. The highest BCUT2D eigenvalue weighted by Gasteiger charge is 2.41. The fourth-order valence-electron chi connectivity index (χ4n) is 4.45. The predicted octanol–water partition coefficient (Wildman–Crippen LogP) is 2.08. The average Bonchev–Trinajstić information content (AvgIpc) is 2.54. The van der Waals surface area contributed by atoms with E-state index in [0.29, 0.717) is 18.4 Å². The van der Waals surface area contributed by atoms with Gasteiger partial charge in [0.15, 0.2) is 0 Å². The molecule has 2 saturated carbocycles. The minimum atomic E-state index is -0.466. The quantitative estimate of drug-likeness (QED) is 0.837. The van der Waals surface area contributed by atoms with Crippen LogP contribution in [0.2, 0.25) is 0 Å². The van der Waals surface area contributed by atoms with Crippen LogP contribution in [0.5, 0.6) is 0 Å². The number of amides is 2. The molecule has 0 aliphatic heterocycles. The molecule has 0 saturated heterocycles. The van der Waals surface area contributed by atoms with Crippen LogP contribution in [-0.4, -0.2) is 29.3 Å². The fourth-order valence-corrected chi connectivity index (χ4v) is 4.45. The van der Waals surface area contributed by atoms with Gasteiger partial charge in [0, 0.05) is 18.5 Å². The first kappa shape index (κ1) is 19.7. The molecule has 2 atom stereocenters. The van der Waals surface area contributed by atoms with Crippen molar-refractivity contribution in [1.29, 1.82) is 0 Å². The van der Waals surface area contributed by atoms with Crippen LogP contribution in [0.1, 0.15) is 37.7 Å². The van der Waals surface area contributed by atoms with Gasteiger partial charge >= 0.3 is 0 Å². The summed E-state index contributed by atoms with van der Waals surface area (Å²) in [7, 11) is 0. The molecule has 4 N–H and O–H groups in total. The van der Waals surface area contributed by atoms with E-state index in [1.54, 1.807) is 4.90 Å². The molecule has 2 unspecified atom stereocenters. The number of halogens is 1. The molecule has 2 bridgehead atoms. The van der Waals surface area contributed by atoms with Gasteiger partial charge in [-0.1, -0.05) is 36.8 Å². The summed E-state index contributed by atoms with van der Waals surface area (Å²) in [6.45, 7) is 0.409. The number of benzene rings is 1. The van der Waals surface area contributed by atoms with Crippen molar-refractivity contribution in [2.75, 3.05) is 6.54 Å². The highest BCUT2D eigenvalue weighted by atomic mass is 35.5. The summed E-state index contributed by atoms with van der Waals surface area (Å²) in [5, 5.41) is 0. The van der Waals surface area contributed by atoms with Gasteiger partial charge in [0.2, 0.25) is 11.8 Å². The standard InChI is InChI=1S/C19H27N3O2.ClH/c20-17(23)12-22(11-13-5-2-1-3-6-13)19(24)16-9-14-7-4-8-15(10-16)18(14)21;/h1-3,5-6,14-16,18H,4,7-12,21H2,(H2,20,23);1H. The number of nitrogens with two attached hydrogens (primary N) is 2. The van der Waals surface area contributed by atoms with Gasteiger partial charge in [0.05, 0.1) is 6.54 Å². The van der Waals surface area contributed by atoms with E-state index >= 15 is 0 Å². The van der Waals surface area contributed by atoms with Crippen LogP contribution in [0, 0.1) is 17.8 Å². The van der Waals surface area contributed by atoms with Gasteiger partial charge in [-0.05, 0) is 43.1 Å². The van der Waals surface area contributed by atoms with Crippen LogP contribution >= 0.6 is 12.4 Å². The summed E-state index contributed by atoms with van der Waals surface area (Å²) in [6.07, 6.45) is 5.16. The molecule has 138 valence electrons. The van der Waals surface area contributed by atoms with Crippen molar-refractivity contribution < 1.29 is 9.59 Å². The van der Waals surface area contributed by atoms with E-state index in [1.807, 2.05) is 30.3 Å². The molecule has 2 amide bonds. The average molecular weight is 366 g/mol. The zero-order valence-electron chi connectivity index (χ0n) is 14.5. The Bertz CT molecular complexity index is 582. The Hall–Kier alpha value is -1.59. The van der Waals surface area contributed by atoms with Crippen LogP contribution in [0.3, 0.4) is 0 Å². The molecule has 3 rings (SSSR count). The number of carbonyl (C=O) groups is 2. The third-order valence-electron chi connectivity index (χ3n) is 5.64. The molecule has 25 heavy (non-hydrogen) atoms. The smallest absolute Gasteiger partial charge is 0.237 e. The van der Waals surface area contributed by atoms with E-state index in [9.17, 15) is 9.59 Å². The first-order valence-electron chi connectivity index (χ1n) is 8.91. The maximum absolute atomic E-state index is 13.1. The van der Waals surface area contributed by atoms with Crippen molar-refractivity contribution >= 4 is 24.2 Å². The zero-order chi connectivity index (χ0) is 17.1. The normalized spacial score (nSPS) is 27.9. The van der Waals surface area contributed by atoms with Crippen molar-refractivity contribution in [2.24, 2.45) is 29.2 Å². The van der Waals surface area contributed by atoms with Crippen LogP contribution in [-0.2, 0) is 16.1 Å². The molecule has 0 spiro atoms. The second kappa shape index (κ2) is 8.68. The monoisotopic (exact) mass is 365 g/mol. The van der Waals surface area contributed by atoms with E-state index in [0.717, 1.165) is 31.2 Å². The lowest BCUT2D eigenvalue weighted by molar-refractivity contribution is -0.142. The van der Waals surface area contributed by atoms with Crippen molar-refractivity contribution in [1.82, 2.24) is 4.90 Å². The van der Waals surface area contributed by atoms with Gasteiger partial charge in [-0.15, -0.1) is 12.4 Å². The molecule has 2 aliphatic rings. The maximum atomic E-state index is 13.1. The van der Waals surface area contributed by atoms with Crippen LogP contribution in [0.4, 0.5) is 0 Å². The van der Waals surface area contributed by atoms with Crippen molar-refractivity contribution in [3.63, 3.8) is 0 Å². The summed E-state index contributed by atoms with van der Waals surface area (Å²) in [5.74, 6) is 0.453. The Morgan fingerprint density at radius 1 is 1.08 bits per heavy atom. The van der Waals surface area contributed by atoms with Crippen LogP contribution in [0.15, 0.2) is 30.3 Å². The zero-order valence-corrected chi connectivity index (χ0v) is 15.3. The van der Waals surface area contributed by atoms with Gasteiger partial charge in [0.25, 0.3) is 0 Å². The fraction of sp³-hybridized carbons (Fsp3) is 0.579. The summed E-state index contributed by atoms with van der Waals surface area (Å²) in [4.78, 5) is 26.1. The second-order valence-electron chi connectivity index (χ2n) is 7.34. The summed E-state index contributed by atoms with van der Waals surface area (Å²) in [5.41, 5.74) is 12.7. The number of fused-ring (bicyclic) bond motifs is 2. The Labute approximate surface area is 155 Å². The molecule has 0 aromatic heterocycles. The van der Waals surface area contributed by atoms with Crippen molar-refractivity contribution in [3.05, 3.63) is 35.9 Å². The summed E-state index contributed by atoms with van der Waals surface area (Å²) >= 11 is 0. The number of rotatable bonds is 5. The summed E-state index contributed by atoms with van der Waals surface area (Å²) in [6, 6.07) is 9.98. The number of nitrogens with zero attached hydrogens (tertiary/aromatic N) is 1.